The number of hydrogen-bond donors (Lipinski definition) is 1. The summed E-state index contributed by atoms with van der Waals surface area (Å²) in [4.78, 5) is 55.4. The highest BCUT2D eigenvalue weighted by atomic mass is 79.9. The number of anilines is 1. The van der Waals surface area contributed by atoms with E-state index in [4.69, 9.17) is 4.74 Å². The van der Waals surface area contributed by atoms with Crippen molar-refractivity contribution in [2.75, 3.05) is 12.0 Å². The van der Waals surface area contributed by atoms with Crippen LogP contribution in [0.2, 0.25) is 0 Å². The molecular formula is C31H24BrNO6. The lowest BCUT2D eigenvalue weighted by molar-refractivity contribution is -0.123. The average Bonchev–Trinajstić information content (AvgIpc) is 3.20. The summed E-state index contributed by atoms with van der Waals surface area (Å²) in [5.74, 6) is -3.37. The number of benzene rings is 2. The first-order valence-electron chi connectivity index (χ1n) is 12.6. The minimum Gasteiger partial charge on any atom is -0.507 e. The lowest BCUT2D eigenvalue weighted by atomic mass is 9.59. The summed E-state index contributed by atoms with van der Waals surface area (Å²) < 4.78 is 5.39. The SMILES string of the molecule is C=Cc1ccc(N2C(=O)C3CC=C4C(c5ccc(OC)cc5O)C5=C(CC4C3C2=O)C(=O)C(Br)=CC5=O)cc1. The van der Waals surface area contributed by atoms with Gasteiger partial charge in [-0.3, -0.25) is 24.1 Å². The lowest BCUT2D eigenvalue weighted by Crippen LogP contribution is -2.39. The van der Waals surface area contributed by atoms with Gasteiger partial charge in [-0.25, -0.2) is 0 Å². The Balaban J connectivity index is 1.48. The number of amides is 2. The maximum Gasteiger partial charge on any atom is 0.238 e. The number of rotatable bonds is 4. The van der Waals surface area contributed by atoms with Crippen LogP contribution < -0.4 is 9.64 Å². The van der Waals surface area contributed by atoms with Crippen LogP contribution in [0.1, 0.15) is 29.9 Å². The predicted octanol–water partition coefficient (Wildman–Crippen LogP) is 5.01. The molecule has 39 heavy (non-hydrogen) atoms. The molecule has 7 nitrogen and oxygen atoms in total. The maximum absolute atomic E-state index is 13.9. The van der Waals surface area contributed by atoms with Crippen molar-refractivity contribution >= 4 is 51.1 Å². The molecule has 4 unspecified atom stereocenters. The summed E-state index contributed by atoms with van der Waals surface area (Å²) in [6, 6.07) is 11.9. The zero-order valence-corrected chi connectivity index (χ0v) is 22.6. The van der Waals surface area contributed by atoms with Gasteiger partial charge in [-0.05, 0) is 58.5 Å². The molecule has 0 saturated carbocycles. The summed E-state index contributed by atoms with van der Waals surface area (Å²) in [7, 11) is 1.49. The fourth-order valence-corrected chi connectivity index (χ4v) is 6.92. The molecule has 0 radical (unpaired) electrons. The number of fused-ring (bicyclic) bond motifs is 3. The van der Waals surface area contributed by atoms with E-state index in [-0.39, 0.29) is 40.0 Å². The summed E-state index contributed by atoms with van der Waals surface area (Å²) in [6.45, 7) is 3.75. The number of methoxy groups -OCH3 is 1. The van der Waals surface area contributed by atoms with Gasteiger partial charge in [0.15, 0.2) is 11.6 Å². The first kappa shape index (κ1) is 25.2. The van der Waals surface area contributed by atoms with Crippen molar-refractivity contribution in [1.29, 1.82) is 0 Å². The highest BCUT2D eigenvalue weighted by molar-refractivity contribution is 9.12. The van der Waals surface area contributed by atoms with Crippen LogP contribution >= 0.6 is 15.9 Å². The monoisotopic (exact) mass is 585 g/mol. The van der Waals surface area contributed by atoms with E-state index >= 15 is 0 Å². The van der Waals surface area contributed by atoms with E-state index in [2.05, 4.69) is 22.5 Å². The van der Waals surface area contributed by atoms with Gasteiger partial charge in [-0.15, -0.1) is 0 Å². The molecule has 1 aliphatic heterocycles. The van der Waals surface area contributed by atoms with Gasteiger partial charge in [0.1, 0.15) is 11.5 Å². The molecule has 196 valence electrons. The standard InChI is InChI=1S/C31H24BrNO6/c1-3-15-4-6-16(7-5-15)33-30(37)20-11-10-18-21(27(20)31(33)38)13-22-28(25(35)14-23(32)29(22)36)26(18)19-9-8-17(39-2)12-24(19)34/h3-10,12,14,20-21,26-27,34H,1,11,13H2,2H3. The summed E-state index contributed by atoms with van der Waals surface area (Å²) >= 11 is 3.22. The molecule has 6 rings (SSSR count). The number of halogens is 1. The molecule has 1 fully saturated rings. The molecule has 1 saturated heterocycles. The van der Waals surface area contributed by atoms with E-state index in [1.807, 2.05) is 6.08 Å². The van der Waals surface area contributed by atoms with Crippen molar-refractivity contribution in [3.8, 4) is 11.5 Å². The van der Waals surface area contributed by atoms with Crippen LogP contribution in [0.4, 0.5) is 5.69 Å². The summed E-state index contributed by atoms with van der Waals surface area (Å²) in [5, 5.41) is 11.0. The van der Waals surface area contributed by atoms with Crippen LogP contribution in [0.15, 0.2) is 82.4 Å². The van der Waals surface area contributed by atoms with Gasteiger partial charge in [0, 0.05) is 34.8 Å². The topological polar surface area (TPSA) is 101 Å². The van der Waals surface area contributed by atoms with Gasteiger partial charge < -0.3 is 9.84 Å². The molecule has 1 heterocycles. The molecule has 4 atom stereocenters. The van der Waals surface area contributed by atoms with E-state index in [9.17, 15) is 24.3 Å². The number of hydrogen-bond acceptors (Lipinski definition) is 6. The zero-order chi connectivity index (χ0) is 27.6. The number of ether oxygens (including phenoxy) is 1. The fourth-order valence-electron chi connectivity index (χ4n) is 6.47. The third kappa shape index (κ3) is 3.77. The molecule has 2 aromatic carbocycles. The summed E-state index contributed by atoms with van der Waals surface area (Å²) in [5.41, 5.74) is 3.19. The van der Waals surface area contributed by atoms with Crippen LogP contribution in [-0.2, 0) is 19.2 Å². The Morgan fingerprint density at radius 3 is 2.46 bits per heavy atom. The minimum absolute atomic E-state index is 0.0819. The Morgan fingerprint density at radius 1 is 1.05 bits per heavy atom. The number of Topliss-reactive ketones (excluding diaryl/α,β-unsaturated/α-hetero) is 1. The largest absolute Gasteiger partial charge is 0.507 e. The number of phenols is 1. The maximum atomic E-state index is 13.9. The molecule has 0 aromatic heterocycles. The number of imide groups is 1. The fraction of sp³-hybridized carbons (Fsp3) is 0.226. The Labute approximate surface area is 233 Å². The van der Waals surface area contributed by atoms with Crippen molar-refractivity contribution in [1.82, 2.24) is 0 Å². The second-order valence-corrected chi connectivity index (χ2v) is 11.0. The van der Waals surface area contributed by atoms with E-state index in [1.54, 1.807) is 42.5 Å². The van der Waals surface area contributed by atoms with Gasteiger partial charge in [-0.2, -0.15) is 0 Å². The summed E-state index contributed by atoms with van der Waals surface area (Å²) in [6.07, 6.45) is 5.35. The third-order valence-corrected chi connectivity index (χ3v) is 8.86. The second-order valence-electron chi connectivity index (χ2n) is 10.1. The van der Waals surface area contributed by atoms with Crippen molar-refractivity contribution in [2.24, 2.45) is 17.8 Å². The van der Waals surface area contributed by atoms with Gasteiger partial charge in [0.05, 0.1) is 29.1 Å². The molecule has 3 aliphatic carbocycles. The average molecular weight is 586 g/mol. The highest BCUT2D eigenvalue weighted by Gasteiger charge is 2.56. The van der Waals surface area contributed by atoms with E-state index in [0.29, 0.717) is 34.6 Å². The zero-order valence-electron chi connectivity index (χ0n) is 21.0. The Morgan fingerprint density at radius 2 is 1.79 bits per heavy atom. The minimum atomic E-state index is -0.734. The molecule has 0 spiro atoms. The molecule has 2 amide bonds. The van der Waals surface area contributed by atoms with Crippen LogP contribution in [-0.4, -0.2) is 35.6 Å². The van der Waals surface area contributed by atoms with Crippen molar-refractivity contribution in [3.05, 3.63) is 93.5 Å². The Hall–Kier alpha value is -4.04. The van der Waals surface area contributed by atoms with Gasteiger partial charge in [0.25, 0.3) is 0 Å². The highest BCUT2D eigenvalue weighted by Crippen LogP contribution is 2.56. The Kier molecular flexibility index (Phi) is 6.03. The van der Waals surface area contributed by atoms with Crippen molar-refractivity contribution in [2.45, 2.75) is 18.8 Å². The first-order chi connectivity index (χ1) is 18.7. The van der Waals surface area contributed by atoms with Crippen molar-refractivity contribution in [3.63, 3.8) is 0 Å². The molecule has 1 N–H and O–H groups in total. The molecule has 8 heteroatoms. The number of carbonyl (C=O) groups excluding carboxylic acids is 4. The molecule has 0 bridgehead atoms. The molecule has 2 aromatic rings. The second kappa shape index (κ2) is 9.31. The van der Waals surface area contributed by atoms with Crippen LogP contribution in [0.5, 0.6) is 11.5 Å². The number of carbonyl (C=O) groups is 4. The van der Waals surface area contributed by atoms with E-state index in [0.717, 1.165) is 11.1 Å². The first-order valence-corrected chi connectivity index (χ1v) is 13.4. The number of ketones is 2. The Bertz CT molecular complexity index is 1580. The quantitative estimate of drug-likeness (QED) is 0.307. The van der Waals surface area contributed by atoms with Gasteiger partial charge >= 0.3 is 0 Å². The van der Waals surface area contributed by atoms with Crippen LogP contribution in [0.25, 0.3) is 6.08 Å². The number of allylic oxidation sites excluding steroid dienone is 6. The van der Waals surface area contributed by atoms with Gasteiger partial charge in [-0.1, -0.05) is 42.5 Å². The lowest BCUT2D eigenvalue weighted by Gasteiger charge is -2.42. The predicted molar refractivity (Wildman–Crippen MR) is 148 cm³/mol. The van der Waals surface area contributed by atoms with Gasteiger partial charge in [0.2, 0.25) is 11.8 Å². The van der Waals surface area contributed by atoms with Crippen molar-refractivity contribution < 1.29 is 29.0 Å². The van der Waals surface area contributed by atoms with E-state index < -0.39 is 23.7 Å². The smallest absolute Gasteiger partial charge is 0.238 e. The van der Waals surface area contributed by atoms with Crippen LogP contribution in [0, 0.1) is 17.8 Å². The van der Waals surface area contributed by atoms with E-state index in [1.165, 1.54) is 24.2 Å². The number of aromatic hydroxyl groups is 1. The molecular weight excluding hydrogens is 562 g/mol. The number of phenolic OH excluding ortho intramolecular Hbond substituents is 1. The number of nitrogens with zero attached hydrogens (tertiary/aromatic N) is 1. The normalized spacial score (nSPS) is 26.1. The van der Waals surface area contributed by atoms with Crippen LogP contribution in [0.3, 0.4) is 0 Å². The third-order valence-electron chi connectivity index (χ3n) is 8.27. The molecule has 4 aliphatic rings.